The predicted molar refractivity (Wildman–Crippen MR) is 119 cm³/mol. The average Bonchev–Trinajstić information content (AvgIpc) is 2.80. The van der Waals surface area contributed by atoms with Crippen molar-refractivity contribution in [3.05, 3.63) is 62.8 Å². The molecule has 8 nitrogen and oxygen atoms in total. The van der Waals surface area contributed by atoms with Gasteiger partial charge in [-0.05, 0) is 31.7 Å². The number of aromatic nitrogens is 2. The van der Waals surface area contributed by atoms with Crippen LogP contribution in [0.4, 0.5) is 0 Å². The van der Waals surface area contributed by atoms with Crippen LogP contribution in [0, 0.1) is 6.92 Å². The molecule has 1 fully saturated rings. The molecule has 8 heteroatoms. The third kappa shape index (κ3) is 4.75. The van der Waals surface area contributed by atoms with Crippen LogP contribution < -0.4 is 5.56 Å². The van der Waals surface area contributed by atoms with Crippen molar-refractivity contribution < 1.29 is 14.3 Å². The molecule has 1 aromatic carbocycles. The third-order valence-corrected chi connectivity index (χ3v) is 6.32. The zero-order chi connectivity index (χ0) is 22.7. The molecular formula is C24H30N4O4. The average molecular weight is 439 g/mol. The first-order chi connectivity index (χ1) is 15.5. The number of H-pyrrole nitrogens is 1. The molecule has 2 amide bonds. The maximum Gasteiger partial charge on any atom is 0.256 e. The largest absolute Gasteiger partial charge is 0.375 e. The Hall–Kier alpha value is -3.00. The summed E-state index contributed by atoms with van der Waals surface area (Å²) in [5.41, 5.74) is 3.17. The Balaban J connectivity index is 1.54. The Morgan fingerprint density at radius 1 is 1.16 bits per heavy atom. The highest BCUT2D eigenvalue weighted by Gasteiger charge is 2.32. The highest BCUT2D eigenvalue weighted by molar-refractivity contribution is 5.79. The molecule has 0 aliphatic carbocycles. The van der Waals surface area contributed by atoms with Gasteiger partial charge < -0.3 is 19.5 Å². The number of ether oxygens (including phenoxy) is 1. The van der Waals surface area contributed by atoms with E-state index in [0.29, 0.717) is 37.3 Å². The second-order valence-corrected chi connectivity index (χ2v) is 8.64. The second kappa shape index (κ2) is 9.65. The van der Waals surface area contributed by atoms with Crippen LogP contribution in [0.1, 0.15) is 53.5 Å². The van der Waals surface area contributed by atoms with E-state index in [2.05, 4.69) is 4.98 Å². The number of hydrogen-bond acceptors (Lipinski definition) is 5. The van der Waals surface area contributed by atoms with Crippen molar-refractivity contribution >= 4 is 11.8 Å². The molecule has 170 valence electrons. The number of nitrogens with one attached hydrogen (secondary N) is 1. The molecule has 32 heavy (non-hydrogen) atoms. The summed E-state index contributed by atoms with van der Waals surface area (Å²) in [5, 5.41) is 0. The molecule has 2 aliphatic heterocycles. The molecular weight excluding hydrogens is 408 g/mol. The van der Waals surface area contributed by atoms with Gasteiger partial charge in [-0.2, -0.15) is 0 Å². The van der Waals surface area contributed by atoms with E-state index in [1.165, 1.54) is 7.11 Å². The minimum atomic E-state index is -0.229. The summed E-state index contributed by atoms with van der Waals surface area (Å²) in [5.74, 6) is 0.472. The zero-order valence-electron chi connectivity index (χ0n) is 18.7. The van der Waals surface area contributed by atoms with Crippen LogP contribution in [0.3, 0.4) is 0 Å². The van der Waals surface area contributed by atoms with Gasteiger partial charge in [0.05, 0.1) is 30.3 Å². The number of fused-ring (bicyclic) bond motifs is 1. The summed E-state index contributed by atoms with van der Waals surface area (Å²) in [6.45, 7) is 3.43. The van der Waals surface area contributed by atoms with Gasteiger partial charge in [0, 0.05) is 26.6 Å². The topological polar surface area (TPSA) is 95.6 Å². The SMILES string of the molecule is COCC(=O)N1CCc2nc([C@H]3CCCCN3C(=O)Cc3ccc(C)cc3)[nH]c(=O)c2C1. The van der Waals surface area contributed by atoms with Crippen LogP contribution >= 0.6 is 0 Å². The number of carbonyl (C=O) groups is 2. The molecule has 1 N–H and O–H groups in total. The van der Waals surface area contributed by atoms with E-state index in [0.717, 1.165) is 36.1 Å². The molecule has 2 aliphatic rings. The summed E-state index contributed by atoms with van der Waals surface area (Å²) < 4.78 is 4.93. The normalized spacial score (nSPS) is 18.4. The Morgan fingerprint density at radius 2 is 1.94 bits per heavy atom. The molecule has 1 aromatic heterocycles. The van der Waals surface area contributed by atoms with Crippen molar-refractivity contribution in [3.63, 3.8) is 0 Å². The Kier molecular flexibility index (Phi) is 6.69. The van der Waals surface area contributed by atoms with Crippen molar-refractivity contribution in [1.82, 2.24) is 19.8 Å². The Morgan fingerprint density at radius 3 is 2.69 bits per heavy atom. The van der Waals surface area contributed by atoms with Gasteiger partial charge in [0.15, 0.2) is 0 Å². The van der Waals surface area contributed by atoms with Crippen LogP contribution in [0.25, 0.3) is 0 Å². The molecule has 3 heterocycles. The summed E-state index contributed by atoms with van der Waals surface area (Å²) in [6.07, 6.45) is 3.56. The first-order valence-corrected chi connectivity index (χ1v) is 11.2. The molecule has 0 unspecified atom stereocenters. The molecule has 0 bridgehead atoms. The van der Waals surface area contributed by atoms with E-state index >= 15 is 0 Å². The van der Waals surface area contributed by atoms with Crippen LogP contribution in [-0.4, -0.2) is 58.4 Å². The number of aromatic amines is 1. The van der Waals surface area contributed by atoms with Gasteiger partial charge in [0.25, 0.3) is 5.56 Å². The van der Waals surface area contributed by atoms with Gasteiger partial charge in [0.1, 0.15) is 12.4 Å². The van der Waals surface area contributed by atoms with Crippen molar-refractivity contribution in [2.24, 2.45) is 0 Å². The highest BCUT2D eigenvalue weighted by atomic mass is 16.5. The molecule has 2 aromatic rings. The summed E-state index contributed by atoms with van der Waals surface area (Å²) in [4.78, 5) is 49.4. The van der Waals surface area contributed by atoms with E-state index in [4.69, 9.17) is 9.72 Å². The van der Waals surface area contributed by atoms with E-state index in [-0.39, 0.29) is 36.6 Å². The summed E-state index contributed by atoms with van der Waals surface area (Å²) >= 11 is 0. The third-order valence-electron chi connectivity index (χ3n) is 6.32. The van der Waals surface area contributed by atoms with Gasteiger partial charge in [-0.25, -0.2) is 4.98 Å². The number of carbonyl (C=O) groups excluding carboxylic acids is 2. The number of likely N-dealkylation sites (tertiary alicyclic amines) is 1. The number of rotatable bonds is 5. The minimum Gasteiger partial charge on any atom is -0.375 e. The van der Waals surface area contributed by atoms with Crippen LogP contribution in [0.5, 0.6) is 0 Å². The number of methoxy groups -OCH3 is 1. The minimum absolute atomic E-state index is 0.00111. The smallest absolute Gasteiger partial charge is 0.256 e. The lowest BCUT2D eigenvalue weighted by Crippen LogP contribution is -2.43. The number of benzene rings is 1. The molecule has 0 saturated carbocycles. The molecule has 4 rings (SSSR count). The van der Waals surface area contributed by atoms with Gasteiger partial charge in [0.2, 0.25) is 11.8 Å². The fraction of sp³-hybridized carbons (Fsp3) is 0.500. The van der Waals surface area contributed by atoms with Gasteiger partial charge in [-0.3, -0.25) is 14.4 Å². The highest BCUT2D eigenvalue weighted by Crippen LogP contribution is 2.30. The van der Waals surface area contributed by atoms with Crippen molar-refractivity contribution in [3.8, 4) is 0 Å². The van der Waals surface area contributed by atoms with E-state index < -0.39 is 0 Å². The van der Waals surface area contributed by atoms with Crippen molar-refractivity contribution in [2.75, 3.05) is 26.8 Å². The van der Waals surface area contributed by atoms with Crippen molar-refractivity contribution in [1.29, 1.82) is 0 Å². The molecule has 1 atom stereocenters. The molecule has 1 saturated heterocycles. The number of nitrogens with zero attached hydrogens (tertiary/aromatic N) is 3. The van der Waals surface area contributed by atoms with E-state index in [1.807, 2.05) is 36.1 Å². The monoisotopic (exact) mass is 438 g/mol. The fourth-order valence-corrected chi connectivity index (χ4v) is 4.53. The maximum atomic E-state index is 13.1. The number of amides is 2. The lowest BCUT2D eigenvalue weighted by atomic mass is 9.99. The predicted octanol–water partition coefficient (Wildman–Crippen LogP) is 1.91. The van der Waals surface area contributed by atoms with E-state index in [1.54, 1.807) is 4.90 Å². The first-order valence-electron chi connectivity index (χ1n) is 11.2. The van der Waals surface area contributed by atoms with Gasteiger partial charge in [-0.1, -0.05) is 29.8 Å². The second-order valence-electron chi connectivity index (χ2n) is 8.64. The number of hydrogen-bond donors (Lipinski definition) is 1. The van der Waals surface area contributed by atoms with Crippen molar-refractivity contribution in [2.45, 2.75) is 51.6 Å². The fourth-order valence-electron chi connectivity index (χ4n) is 4.53. The quantitative estimate of drug-likeness (QED) is 0.769. The summed E-state index contributed by atoms with van der Waals surface area (Å²) in [7, 11) is 1.48. The molecule has 0 radical (unpaired) electrons. The summed E-state index contributed by atoms with van der Waals surface area (Å²) in [6, 6.07) is 7.77. The Bertz CT molecular complexity index is 1050. The van der Waals surface area contributed by atoms with Crippen LogP contribution in [-0.2, 0) is 33.7 Å². The first kappa shape index (κ1) is 22.2. The number of piperidine rings is 1. The maximum absolute atomic E-state index is 13.1. The Labute approximate surface area is 187 Å². The molecule has 0 spiro atoms. The van der Waals surface area contributed by atoms with Gasteiger partial charge >= 0.3 is 0 Å². The lowest BCUT2D eigenvalue weighted by Gasteiger charge is -2.36. The lowest BCUT2D eigenvalue weighted by molar-refractivity contribution is -0.136. The standard InChI is InChI=1S/C24H30N4O4/c1-16-6-8-17(9-7-16)13-21(29)28-11-4-3-5-20(28)23-25-19-10-12-27(22(30)15-32-2)14-18(19)24(31)26-23/h6-9,20H,3-5,10-15H2,1-2H3,(H,25,26,31)/t20-/m1/s1. The van der Waals surface area contributed by atoms with E-state index in [9.17, 15) is 14.4 Å². The number of aryl methyl sites for hydroxylation is 1. The zero-order valence-corrected chi connectivity index (χ0v) is 18.7. The van der Waals surface area contributed by atoms with Gasteiger partial charge in [-0.15, -0.1) is 0 Å². The van der Waals surface area contributed by atoms with Crippen LogP contribution in [0.2, 0.25) is 0 Å². The van der Waals surface area contributed by atoms with Crippen LogP contribution in [0.15, 0.2) is 29.1 Å².